The zero-order chi connectivity index (χ0) is 14.6. The molecule has 0 amide bonds. The van der Waals surface area contributed by atoms with E-state index in [9.17, 15) is 4.79 Å². The first-order valence-corrected chi connectivity index (χ1v) is 6.94. The molecule has 1 aromatic carbocycles. The maximum Gasteiger partial charge on any atom is 0.335 e. The third-order valence-electron chi connectivity index (χ3n) is 3.00. The van der Waals surface area contributed by atoms with Crippen LogP contribution in [0.3, 0.4) is 0 Å². The molecule has 0 aliphatic rings. The van der Waals surface area contributed by atoms with Crippen molar-refractivity contribution in [3.63, 3.8) is 0 Å². The Bertz CT molecular complexity index is 444. The van der Waals surface area contributed by atoms with Gasteiger partial charge in [0.15, 0.2) is 0 Å². The second kappa shape index (κ2) is 6.92. The second-order valence-electron chi connectivity index (χ2n) is 5.53. The van der Waals surface area contributed by atoms with Gasteiger partial charge >= 0.3 is 5.97 Å². The zero-order valence-corrected chi connectivity index (χ0v) is 12.7. The van der Waals surface area contributed by atoms with Crippen LogP contribution in [0.5, 0.6) is 0 Å². The van der Waals surface area contributed by atoms with Gasteiger partial charge in [0.1, 0.15) is 0 Å². The molecule has 1 N–H and O–H groups in total. The van der Waals surface area contributed by atoms with E-state index >= 15 is 0 Å². The molecule has 4 heteroatoms. The highest BCUT2D eigenvalue weighted by Gasteiger charge is 2.14. The highest BCUT2D eigenvalue weighted by Crippen LogP contribution is 2.21. The lowest BCUT2D eigenvalue weighted by molar-refractivity contribution is 0.0697. The fourth-order valence-corrected chi connectivity index (χ4v) is 2.19. The van der Waals surface area contributed by atoms with Crippen LogP contribution in [0.4, 0.5) is 0 Å². The number of carboxylic acid groups (broad SMARTS) is 1. The van der Waals surface area contributed by atoms with Crippen molar-refractivity contribution in [3.05, 3.63) is 34.3 Å². The van der Waals surface area contributed by atoms with Crippen LogP contribution >= 0.6 is 11.6 Å². The lowest BCUT2D eigenvalue weighted by atomic mass is 10.1. The van der Waals surface area contributed by atoms with Gasteiger partial charge in [0.2, 0.25) is 0 Å². The Balaban J connectivity index is 2.88. The van der Waals surface area contributed by atoms with Crippen molar-refractivity contribution in [3.8, 4) is 0 Å². The Morgan fingerprint density at radius 2 is 1.95 bits per heavy atom. The van der Waals surface area contributed by atoms with E-state index in [1.165, 1.54) is 6.07 Å². The maximum atomic E-state index is 10.9. The van der Waals surface area contributed by atoms with Crippen molar-refractivity contribution in [2.45, 2.75) is 40.3 Å². The highest BCUT2D eigenvalue weighted by molar-refractivity contribution is 6.31. The van der Waals surface area contributed by atoms with Crippen LogP contribution in [0.1, 0.15) is 43.6 Å². The summed E-state index contributed by atoms with van der Waals surface area (Å²) in [7, 11) is 0. The third-order valence-corrected chi connectivity index (χ3v) is 3.36. The Morgan fingerprint density at radius 3 is 2.37 bits per heavy atom. The van der Waals surface area contributed by atoms with Crippen molar-refractivity contribution in [2.24, 2.45) is 5.92 Å². The van der Waals surface area contributed by atoms with Gasteiger partial charge < -0.3 is 5.11 Å². The molecule has 0 heterocycles. The summed E-state index contributed by atoms with van der Waals surface area (Å²) in [5.74, 6) is -0.365. The number of halogens is 1. The van der Waals surface area contributed by atoms with Gasteiger partial charge in [-0.05, 0) is 37.5 Å². The van der Waals surface area contributed by atoms with Crippen LogP contribution in [0.15, 0.2) is 18.2 Å². The van der Waals surface area contributed by atoms with E-state index in [1.807, 2.05) is 6.07 Å². The van der Waals surface area contributed by atoms with E-state index in [0.29, 0.717) is 17.0 Å². The fraction of sp³-hybridized carbons (Fsp3) is 0.533. The van der Waals surface area contributed by atoms with Crippen LogP contribution in [-0.2, 0) is 6.54 Å². The molecule has 19 heavy (non-hydrogen) atoms. The van der Waals surface area contributed by atoms with Gasteiger partial charge in [-0.1, -0.05) is 31.5 Å². The number of nitrogens with zero attached hydrogens (tertiary/aromatic N) is 1. The van der Waals surface area contributed by atoms with E-state index in [1.54, 1.807) is 6.07 Å². The van der Waals surface area contributed by atoms with Crippen LogP contribution < -0.4 is 0 Å². The molecule has 0 aliphatic heterocycles. The van der Waals surface area contributed by atoms with E-state index in [2.05, 4.69) is 32.6 Å². The second-order valence-corrected chi connectivity index (χ2v) is 5.94. The summed E-state index contributed by atoms with van der Waals surface area (Å²) in [6.45, 7) is 10.4. The summed E-state index contributed by atoms with van der Waals surface area (Å²) in [4.78, 5) is 13.2. The van der Waals surface area contributed by atoms with Crippen molar-refractivity contribution in [1.82, 2.24) is 4.90 Å². The number of hydrogen-bond acceptors (Lipinski definition) is 2. The van der Waals surface area contributed by atoms with E-state index in [-0.39, 0.29) is 5.56 Å². The fourth-order valence-electron chi connectivity index (χ4n) is 1.95. The van der Waals surface area contributed by atoms with Gasteiger partial charge in [-0.2, -0.15) is 0 Å². The quantitative estimate of drug-likeness (QED) is 0.861. The third kappa shape index (κ3) is 4.84. The average molecular weight is 284 g/mol. The monoisotopic (exact) mass is 283 g/mol. The van der Waals surface area contributed by atoms with Gasteiger partial charge in [0, 0.05) is 24.2 Å². The summed E-state index contributed by atoms with van der Waals surface area (Å²) in [6, 6.07) is 5.36. The first-order chi connectivity index (χ1) is 8.81. The van der Waals surface area contributed by atoms with E-state index in [0.717, 1.165) is 18.7 Å². The number of rotatable bonds is 6. The van der Waals surface area contributed by atoms with Crippen molar-refractivity contribution >= 4 is 17.6 Å². The number of benzene rings is 1. The summed E-state index contributed by atoms with van der Waals surface area (Å²) < 4.78 is 0. The molecule has 1 rings (SSSR count). The predicted molar refractivity (Wildman–Crippen MR) is 78.8 cm³/mol. The van der Waals surface area contributed by atoms with Gasteiger partial charge in [0.25, 0.3) is 0 Å². The van der Waals surface area contributed by atoms with Gasteiger partial charge in [-0.15, -0.1) is 0 Å². The van der Waals surface area contributed by atoms with E-state index < -0.39 is 5.97 Å². The highest BCUT2D eigenvalue weighted by atomic mass is 35.5. The Kier molecular flexibility index (Phi) is 5.83. The molecule has 0 unspecified atom stereocenters. The molecule has 0 fully saturated rings. The molecular weight excluding hydrogens is 262 g/mol. The largest absolute Gasteiger partial charge is 0.478 e. The van der Waals surface area contributed by atoms with Gasteiger partial charge in [-0.3, -0.25) is 4.90 Å². The number of hydrogen-bond donors (Lipinski definition) is 1. The first kappa shape index (κ1) is 16.0. The minimum Gasteiger partial charge on any atom is -0.478 e. The molecule has 0 aromatic heterocycles. The zero-order valence-electron chi connectivity index (χ0n) is 12.0. The summed E-state index contributed by atoms with van der Waals surface area (Å²) >= 11 is 6.17. The minimum atomic E-state index is -0.948. The molecule has 0 bridgehead atoms. The van der Waals surface area contributed by atoms with Crippen molar-refractivity contribution in [2.75, 3.05) is 6.54 Å². The van der Waals surface area contributed by atoms with Crippen LogP contribution in [0.2, 0.25) is 5.02 Å². The minimum absolute atomic E-state index is 0.230. The summed E-state index contributed by atoms with van der Waals surface area (Å²) in [5.41, 5.74) is 1.20. The molecule has 0 saturated heterocycles. The summed E-state index contributed by atoms with van der Waals surface area (Å²) in [6.07, 6.45) is 0. The predicted octanol–water partition coefficient (Wildman–Crippen LogP) is 3.90. The lowest BCUT2D eigenvalue weighted by Gasteiger charge is -2.28. The van der Waals surface area contributed by atoms with Crippen LogP contribution in [0, 0.1) is 5.92 Å². The standard InChI is InChI=1S/C15H22ClNO2/c1-10(2)8-17(11(3)4)9-13-6-5-12(15(18)19)7-14(13)16/h5-7,10-11H,8-9H2,1-4H3,(H,18,19). The van der Waals surface area contributed by atoms with Crippen LogP contribution in [-0.4, -0.2) is 28.6 Å². The Hall–Kier alpha value is -1.06. The Labute approximate surface area is 120 Å². The molecule has 3 nitrogen and oxygen atoms in total. The number of aromatic carboxylic acids is 1. The summed E-state index contributed by atoms with van der Waals surface area (Å²) in [5, 5.41) is 9.44. The lowest BCUT2D eigenvalue weighted by Crippen LogP contribution is -2.33. The molecule has 0 aliphatic carbocycles. The Morgan fingerprint density at radius 1 is 1.32 bits per heavy atom. The normalized spacial score (nSPS) is 11.6. The maximum absolute atomic E-state index is 10.9. The van der Waals surface area contributed by atoms with Gasteiger partial charge in [-0.25, -0.2) is 4.79 Å². The molecule has 0 atom stereocenters. The van der Waals surface area contributed by atoms with Crippen molar-refractivity contribution in [1.29, 1.82) is 0 Å². The number of carbonyl (C=O) groups is 1. The molecule has 1 aromatic rings. The van der Waals surface area contributed by atoms with Crippen molar-refractivity contribution < 1.29 is 9.90 Å². The molecule has 0 radical (unpaired) electrons. The smallest absolute Gasteiger partial charge is 0.335 e. The molecular formula is C15H22ClNO2. The topological polar surface area (TPSA) is 40.5 Å². The molecule has 0 spiro atoms. The van der Waals surface area contributed by atoms with Crippen LogP contribution in [0.25, 0.3) is 0 Å². The molecule has 0 saturated carbocycles. The van der Waals surface area contributed by atoms with Gasteiger partial charge in [0.05, 0.1) is 5.56 Å². The number of carboxylic acids is 1. The molecule has 106 valence electrons. The first-order valence-electron chi connectivity index (χ1n) is 6.57. The average Bonchev–Trinajstić information content (AvgIpc) is 2.29. The van der Waals surface area contributed by atoms with E-state index in [4.69, 9.17) is 16.7 Å². The SMILES string of the molecule is CC(C)CN(Cc1ccc(C(=O)O)cc1Cl)C(C)C.